The second-order valence-electron chi connectivity index (χ2n) is 10.0. The molecule has 1 aromatic carbocycles. The van der Waals surface area contributed by atoms with Crippen LogP contribution in [0.5, 0.6) is 0 Å². The third kappa shape index (κ3) is 9.06. The molecule has 7 heteroatoms. The second-order valence-corrected chi connectivity index (χ2v) is 10.0. The molecule has 0 fully saturated rings. The summed E-state index contributed by atoms with van der Waals surface area (Å²) in [5, 5.41) is 5.58. The van der Waals surface area contributed by atoms with Crippen LogP contribution in [0.3, 0.4) is 0 Å². The molecule has 0 spiro atoms. The van der Waals surface area contributed by atoms with E-state index in [4.69, 9.17) is 4.74 Å². The maximum atomic E-state index is 13.5. The highest BCUT2D eigenvalue weighted by Crippen LogP contribution is 2.32. The zero-order valence-corrected chi connectivity index (χ0v) is 21.7. The molecular weight excluding hydrogens is 418 g/mol. The largest absolute Gasteiger partial charge is 0.444 e. The molecule has 1 aromatic rings. The highest BCUT2D eigenvalue weighted by atomic mass is 16.6. The number of aryl methyl sites for hydroxylation is 1. The van der Waals surface area contributed by atoms with Gasteiger partial charge in [-0.3, -0.25) is 9.59 Å². The minimum atomic E-state index is -0.810. The lowest BCUT2D eigenvalue weighted by molar-refractivity contribution is -0.146. The number of carbonyl (C=O) groups is 3. The molecular formula is C26H43N3O4. The number of ether oxygens (including phenoxy) is 1. The average Bonchev–Trinajstić information content (AvgIpc) is 2.72. The van der Waals surface area contributed by atoms with E-state index in [-0.39, 0.29) is 18.4 Å². The lowest BCUT2D eigenvalue weighted by Crippen LogP contribution is -2.56. The molecule has 7 nitrogen and oxygen atoms in total. The first kappa shape index (κ1) is 28.5. The van der Waals surface area contributed by atoms with E-state index in [2.05, 4.69) is 17.6 Å². The van der Waals surface area contributed by atoms with Gasteiger partial charge in [0.25, 0.3) is 0 Å². The molecule has 3 amide bonds. The van der Waals surface area contributed by atoms with E-state index in [1.165, 1.54) is 0 Å². The Morgan fingerprint density at radius 2 is 1.64 bits per heavy atom. The van der Waals surface area contributed by atoms with Gasteiger partial charge in [0.2, 0.25) is 11.8 Å². The number of alkyl carbamates (subject to hydrolysis) is 1. The molecule has 0 aromatic heterocycles. The van der Waals surface area contributed by atoms with Crippen molar-refractivity contribution in [2.45, 2.75) is 98.3 Å². The van der Waals surface area contributed by atoms with E-state index in [1.54, 1.807) is 25.7 Å². The number of hydrogen-bond donors (Lipinski definition) is 2. The van der Waals surface area contributed by atoms with E-state index in [9.17, 15) is 14.4 Å². The van der Waals surface area contributed by atoms with Gasteiger partial charge in [0.1, 0.15) is 18.2 Å². The van der Waals surface area contributed by atoms with Gasteiger partial charge < -0.3 is 20.3 Å². The molecule has 0 radical (unpaired) electrons. The zero-order valence-electron chi connectivity index (χ0n) is 21.7. The van der Waals surface area contributed by atoms with Crippen LogP contribution in [0.4, 0.5) is 4.79 Å². The van der Waals surface area contributed by atoms with E-state index < -0.39 is 23.3 Å². The van der Waals surface area contributed by atoms with Crippen molar-refractivity contribution < 1.29 is 19.1 Å². The first-order chi connectivity index (χ1) is 15.3. The predicted octanol–water partition coefficient (Wildman–Crippen LogP) is 4.88. The van der Waals surface area contributed by atoms with Crippen LogP contribution in [-0.4, -0.2) is 47.0 Å². The fraction of sp³-hybridized carbons (Fsp3) is 0.654. The van der Waals surface area contributed by atoms with E-state index in [0.29, 0.717) is 13.0 Å². The number of nitrogens with zero attached hydrogens (tertiary/aromatic N) is 1. The molecule has 1 unspecified atom stereocenters. The fourth-order valence-corrected chi connectivity index (χ4v) is 3.52. The van der Waals surface area contributed by atoms with E-state index >= 15 is 0 Å². The maximum Gasteiger partial charge on any atom is 0.408 e. The van der Waals surface area contributed by atoms with Gasteiger partial charge in [0.15, 0.2) is 0 Å². The summed E-state index contributed by atoms with van der Waals surface area (Å²) in [7, 11) is 0. The first-order valence-electron chi connectivity index (χ1n) is 12.0. The van der Waals surface area contributed by atoms with Crippen LogP contribution >= 0.6 is 0 Å². The minimum Gasteiger partial charge on any atom is -0.444 e. The lowest BCUT2D eigenvalue weighted by Gasteiger charge is -2.43. The Morgan fingerprint density at radius 1 is 1.00 bits per heavy atom. The maximum absolute atomic E-state index is 13.5. The topological polar surface area (TPSA) is 87.7 Å². The summed E-state index contributed by atoms with van der Waals surface area (Å²) in [6.45, 7) is 15.5. The fourth-order valence-electron chi connectivity index (χ4n) is 3.52. The van der Waals surface area contributed by atoms with Crippen molar-refractivity contribution in [1.82, 2.24) is 15.5 Å². The van der Waals surface area contributed by atoms with Crippen LogP contribution in [-0.2, 0) is 14.3 Å². The van der Waals surface area contributed by atoms with Crippen molar-refractivity contribution in [2.75, 3.05) is 13.1 Å². The average molecular weight is 462 g/mol. The van der Waals surface area contributed by atoms with Gasteiger partial charge in [0.05, 0.1) is 0 Å². The van der Waals surface area contributed by atoms with Gasteiger partial charge in [0, 0.05) is 12.1 Å². The number of rotatable bonds is 11. The van der Waals surface area contributed by atoms with E-state index in [0.717, 1.165) is 30.4 Å². The number of hydrogen-bond acceptors (Lipinski definition) is 4. The summed E-state index contributed by atoms with van der Waals surface area (Å²) in [6, 6.07) is 6.80. The SMILES string of the molecule is CCCCCNC(=O)C(c1ccccc1C)N(C(=O)CNC(=O)OC(C)(C)C)C(C)(C)CC. The minimum absolute atomic E-state index is 0.215. The molecule has 0 heterocycles. The quantitative estimate of drug-likeness (QED) is 0.460. The Morgan fingerprint density at radius 3 is 2.18 bits per heavy atom. The molecule has 0 saturated heterocycles. The highest BCUT2D eigenvalue weighted by Gasteiger charge is 2.40. The van der Waals surface area contributed by atoms with Gasteiger partial charge in [-0.2, -0.15) is 0 Å². The van der Waals surface area contributed by atoms with Gasteiger partial charge in [-0.1, -0.05) is 51.0 Å². The predicted molar refractivity (Wildman–Crippen MR) is 132 cm³/mol. The molecule has 186 valence electrons. The summed E-state index contributed by atoms with van der Waals surface area (Å²) in [4.78, 5) is 40.7. The lowest BCUT2D eigenvalue weighted by atomic mass is 9.91. The molecule has 0 saturated carbocycles. The molecule has 0 aliphatic rings. The number of carbonyl (C=O) groups excluding carboxylic acids is 3. The smallest absolute Gasteiger partial charge is 0.408 e. The molecule has 1 atom stereocenters. The third-order valence-electron chi connectivity index (χ3n) is 5.64. The van der Waals surface area contributed by atoms with Crippen LogP contribution in [0.1, 0.15) is 91.3 Å². The normalized spacial score (nSPS) is 12.6. The number of nitrogens with one attached hydrogen (secondary N) is 2. The zero-order chi connectivity index (χ0) is 25.2. The van der Waals surface area contributed by atoms with Gasteiger partial charge in [-0.15, -0.1) is 0 Å². The van der Waals surface area contributed by atoms with Crippen molar-refractivity contribution >= 4 is 17.9 Å². The van der Waals surface area contributed by atoms with Crippen molar-refractivity contribution in [2.24, 2.45) is 0 Å². The van der Waals surface area contributed by atoms with Crippen LogP contribution in [0.2, 0.25) is 0 Å². The molecule has 2 N–H and O–H groups in total. The summed E-state index contributed by atoms with van der Waals surface area (Å²) >= 11 is 0. The Labute approximate surface area is 199 Å². The van der Waals surface area contributed by atoms with Crippen LogP contribution < -0.4 is 10.6 Å². The van der Waals surface area contributed by atoms with Crippen LogP contribution in [0.25, 0.3) is 0 Å². The van der Waals surface area contributed by atoms with Crippen molar-refractivity contribution in [1.29, 1.82) is 0 Å². The van der Waals surface area contributed by atoms with Crippen LogP contribution in [0, 0.1) is 6.92 Å². The monoisotopic (exact) mass is 461 g/mol. The van der Waals surface area contributed by atoms with Crippen molar-refractivity contribution in [3.05, 3.63) is 35.4 Å². The Bertz CT molecular complexity index is 799. The Kier molecular flexibility index (Phi) is 10.9. The number of amides is 3. The molecule has 0 aliphatic heterocycles. The first-order valence-corrected chi connectivity index (χ1v) is 12.0. The number of unbranched alkanes of at least 4 members (excludes halogenated alkanes) is 2. The highest BCUT2D eigenvalue weighted by molar-refractivity contribution is 5.91. The molecule has 33 heavy (non-hydrogen) atoms. The molecule has 0 aliphatic carbocycles. The summed E-state index contributed by atoms with van der Waals surface area (Å²) in [6.07, 6.45) is 2.94. The van der Waals surface area contributed by atoms with Gasteiger partial charge in [-0.25, -0.2) is 4.79 Å². The standard InChI is InChI=1S/C26H43N3O4/c1-9-11-14-17-27-23(31)22(20-16-13-12-15-19(20)3)29(26(7,8)10-2)21(30)18-28-24(32)33-25(4,5)6/h12-13,15-16,22H,9-11,14,17-18H2,1-8H3,(H,27,31)(H,28,32). The van der Waals surface area contributed by atoms with Crippen LogP contribution in [0.15, 0.2) is 24.3 Å². The molecule has 1 rings (SSSR count). The Balaban J connectivity index is 3.29. The summed E-state index contributed by atoms with van der Waals surface area (Å²) in [5.74, 6) is -0.558. The number of benzene rings is 1. The summed E-state index contributed by atoms with van der Waals surface area (Å²) in [5.41, 5.74) is 0.409. The third-order valence-corrected chi connectivity index (χ3v) is 5.64. The second kappa shape index (κ2) is 12.6. The summed E-state index contributed by atoms with van der Waals surface area (Å²) < 4.78 is 5.27. The van der Waals surface area contributed by atoms with Gasteiger partial charge in [-0.05, 0) is 65.5 Å². The van der Waals surface area contributed by atoms with Crippen molar-refractivity contribution in [3.8, 4) is 0 Å². The van der Waals surface area contributed by atoms with E-state index in [1.807, 2.05) is 52.0 Å². The van der Waals surface area contributed by atoms with Gasteiger partial charge >= 0.3 is 6.09 Å². The van der Waals surface area contributed by atoms with Crippen molar-refractivity contribution in [3.63, 3.8) is 0 Å². The Hall–Kier alpha value is -2.57. The molecule has 0 bridgehead atoms.